The number of aromatic nitrogens is 2. The standard InChI is InChI=1S/C31H36FN5/c32-26-14-12-25(13-15-26)22-37-30-11-5-4-10-29(30)34-31(37)33-27-16-19-36(20-17-27)28-9-6-18-35(23-28)21-24-7-2-1-3-8-24/h1-5,7-8,10-15,27-28H,6,9,16-23H2,(H,33,34). The van der Waals surface area contributed by atoms with Gasteiger partial charge in [-0.3, -0.25) is 9.80 Å². The summed E-state index contributed by atoms with van der Waals surface area (Å²) in [6.07, 6.45) is 4.82. The van der Waals surface area contributed by atoms with Gasteiger partial charge in [0.1, 0.15) is 5.82 Å². The summed E-state index contributed by atoms with van der Waals surface area (Å²) < 4.78 is 15.7. The molecule has 0 spiro atoms. The van der Waals surface area contributed by atoms with E-state index in [-0.39, 0.29) is 5.82 Å². The Hall–Kier alpha value is -3.22. The molecule has 0 aliphatic carbocycles. The molecule has 2 aliphatic heterocycles. The Morgan fingerprint density at radius 3 is 2.32 bits per heavy atom. The molecule has 4 aromatic rings. The molecule has 1 atom stereocenters. The first-order valence-electron chi connectivity index (χ1n) is 13.7. The third-order valence-electron chi connectivity index (χ3n) is 8.02. The summed E-state index contributed by atoms with van der Waals surface area (Å²) in [5.74, 6) is 0.709. The van der Waals surface area contributed by atoms with E-state index in [1.165, 1.54) is 43.6 Å². The van der Waals surface area contributed by atoms with Crippen molar-refractivity contribution in [3.63, 3.8) is 0 Å². The SMILES string of the molecule is Fc1ccc(Cn2c(NC3CCN(C4CCCN(Cc5ccccc5)C4)CC3)nc3ccccc32)cc1. The second-order valence-corrected chi connectivity index (χ2v) is 10.6. The molecule has 0 saturated carbocycles. The topological polar surface area (TPSA) is 36.3 Å². The van der Waals surface area contributed by atoms with E-state index in [4.69, 9.17) is 4.98 Å². The monoisotopic (exact) mass is 497 g/mol. The molecule has 2 aliphatic rings. The minimum absolute atomic E-state index is 0.203. The highest BCUT2D eigenvalue weighted by molar-refractivity contribution is 5.78. The molecule has 192 valence electrons. The molecule has 3 aromatic carbocycles. The van der Waals surface area contributed by atoms with Gasteiger partial charge in [0.15, 0.2) is 0 Å². The van der Waals surface area contributed by atoms with Gasteiger partial charge in [-0.05, 0) is 67.6 Å². The van der Waals surface area contributed by atoms with Crippen molar-refractivity contribution in [3.05, 3.63) is 95.8 Å². The number of para-hydroxylation sites is 2. The van der Waals surface area contributed by atoms with Crippen LogP contribution in [0.3, 0.4) is 0 Å². The van der Waals surface area contributed by atoms with E-state index in [2.05, 4.69) is 68.2 Å². The zero-order chi connectivity index (χ0) is 25.0. The first-order valence-corrected chi connectivity index (χ1v) is 13.7. The van der Waals surface area contributed by atoms with E-state index in [1.54, 1.807) is 0 Å². The lowest BCUT2D eigenvalue weighted by Crippen LogP contribution is -2.51. The predicted molar refractivity (Wildman–Crippen MR) is 148 cm³/mol. The minimum atomic E-state index is -0.203. The van der Waals surface area contributed by atoms with Crippen LogP contribution in [0.5, 0.6) is 0 Å². The number of hydrogen-bond donors (Lipinski definition) is 1. The number of likely N-dealkylation sites (tertiary alicyclic amines) is 2. The van der Waals surface area contributed by atoms with Gasteiger partial charge in [0.25, 0.3) is 0 Å². The number of nitrogens with zero attached hydrogens (tertiary/aromatic N) is 4. The van der Waals surface area contributed by atoms with Gasteiger partial charge in [-0.1, -0.05) is 54.6 Å². The first kappa shape index (κ1) is 24.1. The molecular formula is C31H36FN5. The van der Waals surface area contributed by atoms with E-state index in [1.807, 2.05) is 18.2 Å². The molecule has 1 aromatic heterocycles. The molecule has 6 heteroatoms. The molecule has 37 heavy (non-hydrogen) atoms. The van der Waals surface area contributed by atoms with Gasteiger partial charge in [-0.25, -0.2) is 9.37 Å². The summed E-state index contributed by atoms with van der Waals surface area (Å²) in [6.45, 7) is 6.34. The van der Waals surface area contributed by atoms with Gasteiger partial charge in [0, 0.05) is 38.3 Å². The molecule has 1 N–H and O–H groups in total. The second-order valence-electron chi connectivity index (χ2n) is 10.6. The fraction of sp³-hybridized carbons (Fsp3) is 0.387. The number of imidazole rings is 1. The summed E-state index contributed by atoms with van der Waals surface area (Å²) >= 11 is 0. The third-order valence-corrected chi connectivity index (χ3v) is 8.02. The number of fused-ring (bicyclic) bond motifs is 1. The summed E-state index contributed by atoms with van der Waals surface area (Å²) in [4.78, 5) is 10.3. The van der Waals surface area contributed by atoms with Crippen LogP contribution < -0.4 is 5.32 Å². The predicted octanol–water partition coefficient (Wildman–Crippen LogP) is 5.76. The van der Waals surface area contributed by atoms with Crippen molar-refractivity contribution in [2.45, 2.75) is 50.9 Å². The van der Waals surface area contributed by atoms with Crippen LogP contribution in [0.4, 0.5) is 10.3 Å². The van der Waals surface area contributed by atoms with Gasteiger partial charge < -0.3 is 9.88 Å². The number of nitrogens with one attached hydrogen (secondary N) is 1. The van der Waals surface area contributed by atoms with Crippen molar-refractivity contribution < 1.29 is 4.39 Å². The molecule has 2 saturated heterocycles. The highest BCUT2D eigenvalue weighted by atomic mass is 19.1. The average molecular weight is 498 g/mol. The van der Waals surface area contributed by atoms with Gasteiger partial charge >= 0.3 is 0 Å². The molecule has 0 amide bonds. The van der Waals surface area contributed by atoms with Crippen LogP contribution in [-0.4, -0.2) is 57.6 Å². The van der Waals surface area contributed by atoms with Gasteiger partial charge in [0.2, 0.25) is 5.95 Å². The summed E-state index contributed by atoms with van der Waals surface area (Å²) in [7, 11) is 0. The first-order chi connectivity index (χ1) is 18.2. The van der Waals surface area contributed by atoms with E-state index < -0.39 is 0 Å². The van der Waals surface area contributed by atoms with Crippen molar-refractivity contribution in [3.8, 4) is 0 Å². The van der Waals surface area contributed by atoms with Gasteiger partial charge in [-0.2, -0.15) is 0 Å². The fourth-order valence-corrected chi connectivity index (χ4v) is 6.02. The Bertz CT molecular complexity index is 1290. The van der Waals surface area contributed by atoms with Gasteiger partial charge in [0.05, 0.1) is 17.6 Å². The molecule has 3 heterocycles. The maximum atomic E-state index is 13.5. The smallest absolute Gasteiger partial charge is 0.204 e. The number of halogens is 1. The Balaban J connectivity index is 1.09. The van der Waals surface area contributed by atoms with E-state index in [0.29, 0.717) is 18.6 Å². The van der Waals surface area contributed by atoms with Crippen molar-refractivity contribution in [1.29, 1.82) is 0 Å². The van der Waals surface area contributed by atoms with Crippen LogP contribution in [0.1, 0.15) is 36.8 Å². The summed E-state index contributed by atoms with van der Waals surface area (Å²) in [6, 6.07) is 27.0. The number of rotatable bonds is 7. The third kappa shape index (κ3) is 5.71. The van der Waals surface area contributed by atoms with Crippen molar-refractivity contribution >= 4 is 17.0 Å². The summed E-state index contributed by atoms with van der Waals surface area (Å²) in [5, 5.41) is 3.78. The second kappa shape index (κ2) is 11.0. The maximum absolute atomic E-state index is 13.5. The molecule has 6 rings (SSSR count). The molecule has 1 unspecified atom stereocenters. The Morgan fingerprint density at radius 2 is 1.51 bits per heavy atom. The fourth-order valence-electron chi connectivity index (χ4n) is 6.02. The van der Waals surface area contributed by atoms with E-state index in [0.717, 1.165) is 55.0 Å². The largest absolute Gasteiger partial charge is 0.353 e. The number of hydrogen-bond acceptors (Lipinski definition) is 4. The lowest BCUT2D eigenvalue weighted by atomic mass is 9.98. The van der Waals surface area contributed by atoms with E-state index in [9.17, 15) is 4.39 Å². The molecule has 0 bridgehead atoms. The normalized spacial score (nSPS) is 19.9. The van der Waals surface area contributed by atoms with Gasteiger partial charge in [-0.15, -0.1) is 0 Å². The molecular weight excluding hydrogens is 461 g/mol. The summed E-state index contributed by atoms with van der Waals surface area (Å²) in [5.41, 5.74) is 4.58. The Morgan fingerprint density at radius 1 is 0.784 bits per heavy atom. The lowest BCUT2D eigenvalue weighted by Gasteiger charge is -2.42. The van der Waals surface area contributed by atoms with Crippen LogP contribution in [0.2, 0.25) is 0 Å². The number of anilines is 1. The highest BCUT2D eigenvalue weighted by Gasteiger charge is 2.29. The number of piperidine rings is 2. The van der Waals surface area contributed by atoms with Crippen molar-refractivity contribution in [2.24, 2.45) is 0 Å². The Labute approximate surface area is 218 Å². The van der Waals surface area contributed by atoms with Crippen molar-refractivity contribution in [2.75, 3.05) is 31.5 Å². The average Bonchev–Trinajstić information content (AvgIpc) is 3.28. The van der Waals surface area contributed by atoms with Crippen LogP contribution >= 0.6 is 0 Å². The number of benzene rings is 3. The minimum Gasteiger partial charge on any atom is -0.353 e. The zero-order valence-electron chi connectivity index (χ0n) is 21.4. The molecule has 0 radical (unpaired) electrons. The molecule has 5 nitrogen and oxygen atoms in total. The lowest BCUT2D eigenvalue weighted by molar-refractivity contribution is 0.0766. The quantitative estimate of drug-likeness (QED) is 0.352. The zero-order valence-corrected chi connectivity index (χ0v) is 21.4. The van der Waals surface area contributed by atoms with Crippen LogP contribution in [0.15, 0.2) is 78.9 Å². The van der Waals surface area contributed by atoms with E-state index >= 15 is 0 Å². The maximum Gasteiger partial charge on any atom is 0.204 e. The van der Waals surface area contributed by atoms with Crippen LogP contribution in [0.25, 0.3) is 11.0 Å². The molecule has 2 fully saturated rings. The van der Waals surface area contributed by atoms with Crippen LogP contribution in [-0.2, 0) is 13.1 Å². The van der Waals surface area contributed by atoms with Crippen LogP contribution in [0, 0.1) is 5.82 Å². The van der Waals surface area contributed by atoms with Crippen molar-refractivity contribution in [1.82, 2.24) is 19.4 Å². The Kier molecular flexibility index (Phi) is 7.20. The highest BCUT2D eigenvalue weighted by Crippen LogP contribution is 2.26.